The van der Waals surface area contributed by atoms with Crippen molar-refractivity contribution in [2.45, 2.75) is 39.8 Å². The van der Waals surface area contributed by atoms with Crippen LogP contribution in [0.2, 0.25) is 0 Å². The van der Waals surface area contributed by atoms with Gasteiger partial charge in [-0.15, -0.1) is 0 Å². The number of amides is 1. The molecule has 0 aromatic heterocycles. The predicted octanol–water partition coefficient (Wildman–Crippen LogP) is 2.14. The number of carbonyl (C=O) groups excluding carboxylic acids is 1. The van der Waals surface area contributed by atoms with Crippen LogP contribution in [0.25, 0.3) is 0 Å². The number of nitrogens with one attached hydrogen (secondary N) is 2. The van der Waals surface area contributed by atoms with Gasteiger partial charge in [0.25, 0.3) is 0 Å². The lowest BCUT2D eigenvalue weighted by Crippen LogP contribution is -2.32. The quantitative estimate of drug-likeness (QED) is 0.762. The van der Waals surface area contributed by atoms with E-state index in [1.807, 2.05) is 19.9 Å². The molecule has 2 N–H and O–H groups in total. The minimum Gasteiger partial charge on any atom is -0.354 e. The Balaban J connectivity index is 2.25. The zero-order valence-electron chi connectivity index (χ0n) is 11.2. The molecule has 1 aromatic rings. The fourth-order valence-electron chi connectivity index (χ4n) is 1.58. The van der Waals surface area contributed by atoms with Crippen molar-refractivity contribution in [1.82, 2.24) is 10.6 Å². The van der Waals surface area contributed by atoms with E-state index in [1.165, 1.54) is 6.07 Å². The molecule has 0 aliphatic heterocycles. The number of carbonyl (C=O) groups is 1. The molecule has 1 aromatic carbocycles. The fourth-order valence-corrected chi connectivity index (χ4v) is 1.58. The van der Waals surface area contributed by atoms with Crippen LogP contribution in [-0.2, 0) is 11.3 Å². The second-order valence-electron chi connectivity index (χ2n) is 4.73. The number of benzene rings is 1. The van der Waals surface area contributed by atoms with Gasteiger partial charge < -0.3 is 10.6 Å². The highest BCUT2D eigenvalue weighted by Crippen LogP contribution is 2.08. The van der Waals surface area contributed by atoms with E-state index >= 15 is 0 Å². The van der Waals surface area contributed by atoms with E-state index in [2.05, 4.69) is 10.6 Å². The number of rotatable bonds is 6. The first-order chi connectivity index (χ1) is 8.49. The first-order valence-corrected chi connectivity index (χ1v) is 6.24. The smallest absolute Gasteiger partial charge is 0.221 e. The molecule has 0 radical (unpaired) electrons. The number of hydrogen-bond donors (Lipinski definition) is 2. The van der Waals surface area contributed by atoms with E-state index in [0.29, 0.717) is 25.1 Å². The molecule has 3 nitrogen and oxygen atoms in total. The van der Waals surface area contributed by atoms with E-state index in [0.717, 1.165) is 5.56 Å². The third-order valence-corrected chi connectivity index (χ3v) is 2.54. The molecule has 1 amide bonds. The van der Waals surface area contributed by atoms with Gasteiger partial charge in [0, 0.05) is 25.6 Å². The summed E-state index contributed by atoms with van der Waals surface area (Å²) in [5.74, 6) is -0.153. The maximum atomic E-state index is 13.3. The molecule has 0 aliphatic carbocycles. The lowest BCUT2D eigenvalue weighted by molar-refractivity contribution is -0.121. The molecular formula is C14H21FN2O. The molecule has 1 rings (SSSR count). The summed E-state index contributed by atoms with van der Waals surface area (Å²) in [5, 5.41) is 5.94. The molecule has 0 unspecified atom stereocenters. The predicted molar refractivity (Wildman–Crippen MR) is 70.7 cm³/mol. The van der Waals surface area contributed by atoms with Gasteiger partial charge in [0.15, 0.2) is 0 Å². The Morgan fingerprint density at radius 1 is 1.39 bits per heavy atom. The standard InChI is InChI=1S/C14H21FN2O/c1-10(2)17-14(18)6-7-16-9-12-5-4-11(3)13(15)8-12/h4-5,8,10,16H,6-7,9H2,1-3H3,(H,17,18). The topological polar surface area (TPSA) is 41.1 Å². The van der Waals surface area contributed by atoms with E-state index in [4.69, 9.17) is 0 Å². The molecule has 0 atom stereocenters. The largest absolute Gasteiger partial charge is 0.354 e. The molecule has 0 saturated heterocycles. The summed E-state index contributed by atoms with van der Waals surface area (Å²) >= 11 is 0. The SMILES string of the molecule is Cc1ccc(CNCCC(=O)NC(C)C)cc1F. The van der Waals surface area contributed by atoms with Crippen LogP contribution in [0, 0.1) is 12.7 Å². The molecule has 0 fully saturated rings. The van der Waals surface area contributed by atoms with E-state index in [9.17, 15) is 9.18 Å². The molecule has 0 saturated carbocycles. The maximum absolute atomic E-state index is 13.3. The highest BCUT2D eigenvalue weighted by atomic mass is 19.1. The normalized spacial score (nSPS) is 10.7. The number of aryl methyl sites for hydroxylation is 1. The summed E-state index contributed by atoms with van der Waals surface area (Å²) in [6, 6.07) is 5.34. The fraction of sp³-hybridized carbons (Fsp3) is 0.500. The van der Waals surface area contributed by atoms with Gasteiger partial charge in [-0.25, -0.2) is 4.39 Å². The second kappa shape index (κ2) is 7.11. The van der Waals surface area contributed by atoms with Gasteiger partial charge in [0.1, 0.15) is 5.82 Å². The summed E-state index contributed by atoms with van der Waals surface area (Å²) in [7, 11) is 0. The summed E-state index contributed by atoms with van der Waals surface area (Å²) in [6.45, 7) is 6.77. The van der Waals surface area contributed by atoms with Crippen molar-refractivity contribution in [3.05, 3.63) is 35.1 Å². The van der Waals surface area contributed by atoms with Crippen molar-refractivity contribution >= 4 is 5.91 Å². The van der Waals surface area contributed by atoms with Gasteiger partial charge >= 0.3 is 0 Å². The van der Waals surface area contributed by atoms with Crippen molar-refractivity contribution < 1.29 is 9.18 Å². The number of halogens is 1. The van der Waals surface area contributed by atoms with Gasteiger partial charge in [0.2, 0.25) is 5.91 Å². The zero-order valence-corrected chi connectivity index (χ0v) is 11.2. The molecule has 100 valence electrons. The van der Waals surface area contributed by atoms with Crippen LogP contribution < -0.4 is 10.6 Å². The zero-order chi connectivity index (χ0) is 13.5. The lowest BCUT2D eigenvalue weighted by Gasteiger charge is -2.09. The summed E-state index contributed by atoms with van der Waals surface area (Å²) < 4.78 is 13.3. The number of hydrogen-bond acceptors (Lipinski definition) is 2. The van der Waals surface area contributed by atoms with E-state index in [-0.39, 0.29) is 17.8 Å². The van der Waals surface area contributed by atoms with Crippen molar-refractivity contribution in [2.75, 3.05) is 6.54 Å². The van der Waals surface area contributed by atoms with Crippen LogP contribution in [0.4, 0.5) is 4.39 Å². The Morgan fingerprint density at radius 3 is 2.72 bits per heavy atom. The summed E-state index contributed by atoms with van der Waals surface area (Å²) in [6.07, 6.45) is 0.437. The Hall–Kier alpha value is -1.42. The van der Waals surface area contributed by atoms with Crippen molar-refractivity contribution in [3.8, 4) is 0 Å². The van der Waals surface area contributed by atoms with Gasteiger partial charge in [-0.1, -0.05) is 12.1 Å². The lowest BCUT2D eigenvalue weighted by atomic mass is 10.1. The second-order valence-corrected chi connectivity index (χ2v) is 4.73. The van der Waals surface area contributed by atoms with Crippen LogP contribution in [0.15, 0.2) is 18.2 Å². The van der Waals surface area contributed by atoms with Crippen LogP contribution in [0.5, 0.6) is 0 Å². The Morgan fingerprint density at radius 2 is 2.11 bits per heavy atom. The van der Waals surface area contributed by atoms with Crippen molar-refractivity contribution in [3.63, 3.8) is 0 Å². The van der Waals surface area contributed by atoms with Gasteiger partial charge in [-0.2, -0.15) is 0 Å². The molecule has 4 heteroatoms. The minimum absolute atomic E-state index is 0.0348. The van der Waals surface area contributed by atoms with E-state index in [1.54, 1.807) is 13.0 Å². The maximum Gasteiger partial charge on any atom is 0.221 e. The van der Waals surface area contributed by atoms with E-state index < -0.39 is 0 Å². The molecule has 18 heavy (non-hydrogen) atoms. The van der Waals surface area contributed by atoms with Gasteiger partial charge in [0.05, 0.1) is 0 Å². The Bertz CT molecular complexity index is 405. The first-order valence-electron chi connectivity index (χ1n) is 6.24. The van der Waals surface area contributed by atoms with Crippen molar-refractivity contribution in [2.24, 2.45) is 0 Å². The van der Waals surface area contributed by atoms with Crippen molar-refractivity contribution in [1.29, 1.82) is 0 Å². The average molecular weight is 252 g/mol. The van der Waals surface area contributed by atoms with Gasteiger partial charge in [-0.05, 0) is 38.0 Å². The van der Waals surface area contributed by atoms with Crippen LogP contribution in [0.1, 0.15) is 31.4 Å². The van der Waals surface area contributed by atoms with Crippen LogP contribution in [0.3, 0.4) is 0 Å². The highest BCUT2D eigenvalue weighted by Gasteiger charge is 2.03. The van der Waals surface area contributed by atoms with Gasteiger partial charge in [-0.3, -0.25) is 4.79 Å². The van der Waals surface area contributed by atoms with Crippen LogP contribution in [-0.4, -0.2) is 18.5 Å². The first kappa shape index (κ1) is 14.6. The molecule has 0 spiro atoms. The Labute approximate surface area is 108 Å². The molecular weight excluding hydrogens is 231 g/mol. The minimum atomic E-state index is -0.188. The third kappa shape index (κ3) is 5.27. The molecule has 0 bridgehead atoms. The average Bonchev–Trinajstić information content (AvgIpc) is 2.28. The summed E-state index contributed by atoms with van der Waals surface area (Å²) in [4.78, 5) is 11.4. The monoisotopic (exact) mass is 252 g/mol. The van der Waals surface area contributed by atoms with Crippen LogP contribution >= 0.6 is 0 Å². The highest BCUT2D eigenvalue weighted by molar-refractivity contribution is 5.76. The molecule has 0 heterocycles. The Kier molecular flexibility index (Phi) is 5.78. The summed E-state index contributed by atoms with van der Waals surface area (Å²) in [5.41, 5.74) is 1.54. The molecule has 0 aliphatic rings. The third-order valence-electron chi connectivity index (χ3n) is 2.54.